The second-order valence-corrected chi connectivity index (χ2v) is 3.26. The zero-order valence-electron chi connectivity index (χ0n) is 7.63. The Bertz CT molecular complexity index is 108. The molecule has 0 aliphatic carbocycles. The van der Waals surface area contributed by atoms with Gasteiger partial charge in [-0.25, -0.2) is 0 Å². The number of nitrogens with zero attached hydrogens (tertiary/aromatic N) is 1. The third-order valence-electron chi connectivity index (χ3n) is 2.67. The Morgan fingerprint density at radius 2 is 2.09 bits per heavy atom. The predicted octanol–water partition coefficient (Wildman–Crippen LogP) is 1.11. The summed E-state index contributed by atoms with van der Waals surface area (Å²) in [6.07, 6.45) is 2.67. The molecule has 0 radical (unpaired) electrons. The minimum Gasteiger partial charge on any atom is -0.315 e. The third kappa shape index (κ3) is 2.62. The molecule has 1 aliphatic rings. The molecular weight excluding hydrogens is 160 g/mol. The first-order valence-electron chi connectivity index (χ1n) is 4.13. The first kappa shape index (κ1) is 11.2. The molecule has 0 aromatic heterocycles. The number of nitrogens with one attached hydrogen (secondary N) is 1. The maximum absolute atomic E-state index is 3.34. The van der Waals surface area contributed by atoms with Gasteiger partial charge in [0.05, 0.1) is 0 Å². The van der Waals surface area contributed by atoms with E-state index in [1.807, 2.05) is 0 Å². The van der Waals surface area contributed by atoms with Crippen molar-refractivity contribution in [3.8, 4) is 0 Å². The lowest BCUT2D eigenvalue weighted by molar-refractivity contribution is 0.160. The number of hydrogen-bond acceptors (Lipinski definition) is 2. The highest BCUT2D eigenvalue weighted by Gasteiger charge is 2.23. The lowest BCUT2D eigenvalue weighted by Gasteiger charge is -2.36. The zero-order chi connectivity index (χ0) is 7.56. The molecule has 68 valence electrons. The topological polar surface area (TPSA) is 15.3 Å². The van der Waals surface area contributed by atoms with E-state index in [1.54, 1.807) is 0 Å². The smallest absolute Gasteiger partial charge is 0.0218 e. The van der Waals surface area contributed by atoms with Crippen molar-refractivity contribution in [3.63, 3.8) is 0 Å². The second kappa shape index (κ2) is 4.96. The fraction of sp³-hybridized carbons (Fsp3) is 1.00. The van der Waals surface area contributed by atoms with E-state index in [-0.39, 0.29) is 12.4 Å². The fourth-order valence-electron chi connectivity index (χ4n) is 1.70. The number of piperidine rings is 1. The van der Waals surface area contributed by atoms with Crippen LogP contribution >= 0.6 is 12.4 Å². The lowest BCUT2D eigenvalue weighted by Crippen LogP contribution is -2.49. The Labute approximate surface area is 75.8 Å². The van der Waals surface area contributed by atoms with Crippen molar-refractivity contribution in [3.05, 3.63) is 0 Å². The molecule has 1 saturated heterocycles. The molecule has 2 nitrogen and oxygen atoms in total. The highest BCUT2D eigenvalue weighted by atomic mass is 35.5. The summed E-state index contributed by atoms with van der Waals surface area (Å²) in [5.41, 5.74) is 0. The lowest BCUT2D eigenvalue weighted by atomic mass is 9.98. The van der Waals surface area contributed by atoms with Gasteiger partial charge in [-0.1, -0.05) is 0 Å². The fourth-order valence-corrected chi connectivity index (χ4v) is 1.70. The van der Waals surface area contributed by atoms with Crippen molar-refractivity contribution in [2.45, 2.75) is 31.8 Å². The molecule has 0 aromatic carbocycles. The van der Waals surface area contributed by atoms with Gasteiger partial charge in [0.15, 0.2) is 0 Å². The van der Waals surface area contributed by atoms with E-state index in [0.717, 1.165) is 0 Å². The summed E-state index contributed by atoms with van der Waals surface area (Å²) in [5, 5.41) is 3.34. The largest absolute Gasteiger partial charge is 0.315 e. The number of rotatable bonds is 1. The normalized spacial score (nSPS) is 33.0. The molecule has 0 amide bonds. The van der Waals surface area contributed by atoms with Gasteiger partial charge < -0.3 is 10.2 Å². The molecule has 1 aliphatic heterocycles. The Morgan fingerprint density at radius 1 is 1.45 bits per heavy atom. The highest BCUT2D eigenvalue weighted by Crippen LogP contribution is 2.14. The SMILES string of the molecule is CNC1CCCN(C)C1C.Cl. The van der Waals surface area contributed by atoms with Gasteiger partial charge in [-0.05, 0) is 40.4 Å². The Hall–Kier alpha value is 0.210. The molecule has 0 bridgehead atoms. The molecule has 2 unspecified atom stereocenters. The van der Waals surface area contributed by atoms with Crippen LogP contribution in [0.5, 0.6) is 0 Å². The van der Waals surface area contributed by atoms with Crippen molar-refractivity contribution < 1.29 is 0 Å². The van der Waals surface area contributed by atoms with Crippen LogP contribution in [0.1, 0.15) is 19.8 Å². The molecule has 0 spiro atoms. The summed E-state index contributed by atoms with van der Waals surface area (Å²) in [6, 6.07) is 1.41. The van der Waals surface area contributed by atoms with Crippen LogP contribution in [0.2, 0.25) is 0 Å². The van der Waals surface area contributed by atoms with E-state index in [4.69, 9.17) is 0 Å². The van der Waals surface area contributed by atoms with E-state index in [2.05, 4.69) is 31.2 Å². The summed E-state index contributed by atoms with van der Waals surface area (Å²) in [5.74, 6) is 0. The first-order valence-corrected chi connectivity index (χ1v) is 4.13. The maximum atomic E-state index is 3.34. The average molecular weight is 179 g/mol. The number of hydrogen-bond donors (Lipinski definition) is 1. The number of likely N-dealkylation sites (tertiary alicyclic amines) is 1. The van der Waals surface area contributed by atoms with Crippen LogP contribution in [0.4, 0.5) is 0 Å². The quantitative estimate of drug-likeness (QED) is 0.648. The van der Waals surface area contributed by atoms with Crippen molar-refractivity contribution >= 4 is 12.4 Å². The van der Waals surface area contributed by atoms with E-state index in [1.165, 1.54) is 19.4 Å². The maximum Gasteiger partial charge on any atom is 0.0218 e. The van der Waals surface area contributed by atoms with Gasteiger partial charge in [-0.15, -0.1) is 12.4 Å². The third-order valence-corrected chi connectivity index (χ3v) is 2.67. The van der Waals surface area contributed by atoms with Crippen LogP contribution in [0.25, 0.3) is 0 Å². The van der Waals surface area contributed by atoms with Crippen LogP contribution < -0.4 is 5.32 Å². The predicted molar refractivity (Wildman–Crippen MR) is 51.4 cm³/mol. The Kier molecular flexibility index (Phi) is 5.06. The van der Waals surface area contributed by atoms with Crippen LogP contribution in [0.3, 0.4) is 0 Å². The second-order valence-electron chi connectivity index (χ2n) is 3.26. The zero-order valence-corrected chi connectivity index (χ0v) is 8.45. The van der Waals surface area contributed by atoms with E-state index in [9.17, 15) is 0 Å². The van der Waals surface area contributed by atoms with E-state index < -0.39 is 0 Å². The Morgan fingerprint density at radius 3 is 2.55 bits per heavy atom. The molecule has 11 heavy (non-hydrogen) atoms. The van der Waals surface area contributed by atoms with Gasteiger partial charge in [-0.3, -0.25) is 0 Å². The molecule has 1 fully saturated rings. The highest BCUT2D eigenvalue weighted by molar-refractivity contribution is 5.85. The number of halogens is 1. The van der Waals surface area contributed by atoms with Crippen LogP contribution in [-0.4, -0.2) is 37.6 Å². The van der Waals surface area contributed by atoms with Crippen molar-refractivity contribution in [1.29, 1.82) is 0 Å². The van der Waals surface area contributed by atoms with Crippen LogP contribution in [0, 0.1) is 0 Å². The minimum atomic E-state index is 0. The van der Waals surface area contributed by atoms with Gasteiger partial charge in [0.1, 0.15) is 0 Å². The van der Waals surface area contributed by atoms with Crippen molar-refractivity contribution in [1.82, 2.24) is 10.2 Å². The van der Waals surface area contributed by atoms with Gasteiger partial charge in [0.25, 0.3) is 0 Å². The minimum absolute atomic E-state index is 0. The molecule has 2 atom stereocenters. The molecular formula is C8H19ClN2. The van der Waals surface area contributed by atoms with E-state index >= 15 is 0 Å². The summed E-state index contributed by atoms with van der Waals surface area (Å²) in [4.78, 5) is 2.42. The molecule has 1 N–H and O–H groups in total. The summed E-state index contributed by atoms with van der Waals surface area (Å²) < 4.78 is 0. The molecule has 0 saturated carbocycles. The molecule has 0 aromatic rings. The van der Waals surface area contributed by atoms with E-state index in [0.29, 0.717) is 12.1 Å². The number of likely N-dealkylation sites (N-methyl/N-ethyl adjacent to an activating group) is 2. The van der Waals surface area contributed by atoms with Gasteiger partial charge >= 0.3 is 0 Å². The molecule has 3 heteroatoms. The average Bonchev–Trinajstić information content (AvgIpc) is 1.95. The van der Waals surface area contributed by atoms with Crippen LogP contribution in [0.15, 0.2) is 0 Å². The van der Waals surface area contributed by atoms with Gasteiger partial charge in [0.2, 0.25) is 0 Å². The molecule has 1 rings (SSSR count). The Balaban J connectivity index is 0.000001000. The summed E-state index contributed by atoms with van der Waals surface area (Å²) >= 11 is 0. The molecule has 1 heterocycles. The standard InChI is InChI=1S/C8H18N2.ClH/c1-7-8(9-2)5-4-6-10(7)3;/h7-9H,4-6H2,1-3H3;1H. The summed E-state index contributed by atoms with van der Waals surface area (Å²) in [7, 11) is 4.26. The van der Waals surface area contributed by atoms with Gasteiger partial charge in [0, 0.05) is 12.1 Å². The van der Waals surface area contributed by atoms with Crippen LogP contribution in [-0.2, 0) is 0 Å². The van der Waals surface area contributed by atoms with Crippen molar-refractivity contribution in [2.75, 3.05) is 20.6 Å². The first-order chi connectivity index (χ1) is 4.75. The van der Waals surface area contributed by atoms with Gasteiger partial charge in [-0.2, -0.15) is 0 Å². The summed E-state index contributed by atoms with van der Waals surface area (Å²) in [6.45, 7) is 3.56. The monoisotopic (exact) mass is 178 g/mol. The van der Waals surface area contributed by atoms with Crippen molar-refractivity contribution in [2.24, 2.45) is 0 Å².